The van der Waals surface area contributed by atoms with E-state index in [1.807, 2.05) is 0 Å². The molecule has 3 N–H and O–H groups in total. The van der Waals surface area contributed by atoms with Crippen molar-refractivity contribution < 1.29 is 24.2 Å². The summed E-state index contributed by atoms with van der Waals surface area (Å²) in [5.74, 6) is -0.807. The molecule has 120 valence electrons. The zero-order valence-electron chi connectivity index (χ0n) is 12.4. The second kappa shape index (κ2) is 6.62. The Bertz CT molecular complexity index is 389. The minimum absolute atomic E-state index is 0.114. The summed E-state index contributed by atoms with van der Waals surface area (Å²) in [4.78, 5) is 22.7. The second-order valence-electron chi connectivity index (χ2n) is 6.15. The first-order valence-electron chi connectivity index (χ1n) is 7.36. The molecule has 1 aliphatic carbocycles. The first kappa shape index (κ1) is 16.0. The molecule has 0 aromatic carbocycles. The summed E-state index contributed by atoms with van der Waals surface area (Å²) in [6.45, 7) is 1.91. The Hall–Kier alpha value is -1.34. The highest BCUT2D eigenvalue weighted by Crippen LogP contribution is 2.43. The van der Waals surface area contributed by atoms with Gasteiger partial charge in [0.05, 0.1) is 19.6 Å². The van der Waals surface area contributed by atoms with Crippen molar-refractivity contribution in [3.63, 3.8) is 0 Å². The van der Waals surface area contributed by atoms with Crippen LogP contribution in [0, 0.1) is 5.41 Å². The number of amides is 2. The van der Waals surface area contributed by atoms with E-state index in [1.165, 1.54) is 0 Å². The second-order valence-corrected chi connectivity index (χ2v) is 6.15. The zero-order valence-corrected chi connectivity index (χ0v) is 12.4. The fourth-order valence-electron chi connectivity index (χ4n) is 2.95. The molecule has 1 heterocycles. The highest BCUT2D eigenvalue weighted by atomic mass is 16.5. The van der Waals surface area contributed by atoms with Crippen molar-refractivity contribution in [2.75, 3.05) is 33.4 Å². The maximum atomic E-state index is 11.9. The molecule has 1 saturated carbocycles. The summed E-state index contributed by atoms with van der Waals surface area (Å²) >= 11 is 0. The molecule has 2 fully saturated rings. The van der Waals surface area contributed by atoms with Crippen LogP contribution >= 0.6 is 0 Å². The predicted molar refractivity (Wildman–Crippen MR) is 75.1 cm³/mol. The van der Waals surface area contributed by atoms with Gasteiger partial charge in [-0.1, -0.05) is 6.42 Å². The number of carbonyl (C=O) groups is 2. The molecule has 1 aliphatic heterocycles. The van der Waals surface area contributed by atoms with Gasteiger partial charge < -0.3 is 25.2 Å². The molecule has 2 aliphatic rings. The predicted octanol–water partition coefficient (Wildman–Crippen LogP) is 0.736. The standard InChI is InChI=1S/C14H24N2O5/c1-20-14(5-6-21-10-14)9-16-12(19)15-8-13(3-2-4-13)7-11(17)18/h2-10H2,1H3,(H,17,18)(H2,15,16,19). The average molecular weight is 300 g/mol. The van der Waals surface area contributed by atoms with Crippen LogP contribution in [0.4, 0.5) is 4.79 Å². The number of carboxylic acids is 1. The van der Waals surface area contributed by atoms with Crippen LogP contribution < -0.4 is 10.6 Å². The maximum absolute atomic E-state index is 11.9. The van der Waals surface area contributed by atoms with Crippen LogP contribution in [0.2, 0.25) is 0 Å². The first-order valence-corrected chi connectivity index (χ1v) is 7.36. The van der Waals surface area contributed by atoms with Gasteiger partial charge in [-0.25, -0.2) is 4.79 Å². The normalized spacial score (nSPS) is 26.9. The van der Waals surface area contributed by atoms with Crippen LogP contribution in [0.15, 0.2) is 0 Å². The van der Waals surface area contributed by atoms with E-state index in [1.54, 1.807) is 7.11 Å². The summed E-state index contributed by atoms with van der Waals surface area (Å²) in [6.07, 6.45) is 3.61. The molecule has 0 bridgehead atoms. The topological polar surface area (TPSA) is 96.9 Å². The number of aliphatic carboxylic acids is 1. The molecule has 0 spiro atoms. The van der Waals surface area contributed by atoms with Crippen molar-refractivity contribution in [1.29, 1.82) is 0 Å². The Balaban J connectivity index is 1.73. The Morgan fingerprint density at radius 3 is 2.43 bits per heavy atom. The lowest BCUT2D eigenvalue weighted by Gasteiger charge is -2.40. The van der Waals surface area contributed by atoms with E-state index in [2.05, 4.69) is 10.6 Å². The highest BCUT2D eigenvalue weighted by Gasteiger charge is 2.39. The van der Waals surface area contributed by atoms with Gasteiger partial charge in [0, 0.05) is 26.7 Å². The molecule has 1 atom stereocenters. The molecule has 21 heavy (non-hydrogen) atoms. The van der Waals surface area contributed by atoms with Crippen LogP contribution in [0.25, 0.3) is 0 Å². The fourth-order valence-corrected chi connectivity index (χ4v) is 2.95. The molecule has 2 amide bonds. The van der Waals surface area contributed by atoms with Gasteiger partial charge in [0.1, 0.15) is 5.60 Å². The molecule has 0 aromatic rings. The van der Waals surface area contributed by atoms with Gasteiger partial charge in [0.2, 0.25) is 0 Å². The van der Waals surface area contributed by atoms with E-state index >= 15 is 0 Å². The lowest BCUT2D eigenvalue weighted by Crippen LogP contribution is -2.51. The van der Waals surface area contributed by atoms with Crippen LogP contribution in [0.5, 0.6) is 0 Å². The van der Waals surface area contributed by atoms with E-state index in [4.69, 9.17) is 14.6 Å². The molecular formula is C14H24N2O5. The monoisotopic (exact) mass is 300 g/mol. The van der Waals surface area contributed by atoms with Crippen molar-refractivity contribution in [3.8, 4) is 0 Å². The third-order valence-corrected chi connectivity index (χ3v) is 4.64. The summed E-state index contributed by atoms with van der Waals surface area (Å²) in [5, 5.41) is 14.5. The smallest absolute Gasteiger partial charge is 0.314 e. The van der Waals surface area contributed by atoms with Crippen molar-refractivity contribution >= 4 is 12.0 Å². The lowest BCUT2D eigenvalue weighted by atomic mass is 9.66. The van der Waals surface area contributed by atoms with E-state index in [0.717, 1.165) is 25.7 Å². The van der Waals surface area contributed by atoms with Gasteiger partial charge >= 0.3 is 12.0 Å². The maximum Gasteiger partial charge on any atom is 0.314 e. The van der Waals surface area contributed by atoms with Crippen LogP contribution in [0.1, 0.15) is 32.1 Å². The number of hydrogen-bond donors (Lipinski definition) is 3. The Morgan fingerprint density at radius 2 is 1.95 bits per heavy atom. The van der Waals surface area contributed by atoms with E-state index < -0.39 is 11.6 Å². The number of urea groups is 1. The van der Waals surface area contributed by atoms with Crippen molar-refractivity contribution in [2.24, 2.45) is 5.41 Å². The molecule has 7 nitrogen and oxygen atoms in total. The first-order chi connectivity index (χ1) is 9.99. The number of carbonyl (C=O) groups excluding carboxylic acids is 1. The summed E-state index contributed by atoms with van der Waals surface area (Å²) in [5.41, 5.74) is -0.703. The third kappa shape index (κ3) is 4.07. The molecule has 2 rings (SSSR count). The number of hydrogen-bond acceptors (Lipinski definition) is 4. The van der Waals surface area contributed by atoms with Gasteiger partial charge in [-0.2, -0.15) is 0 Å². The van der Waals surface area contributed by atoms with Gasteiger partial charge in [-0.3, -0.25) is 4.79 Å². The number of ether oxygens (including phenoxy) is 2. The Kier molecular flexibility index (Phi) is 5.05. The van der Waals surface area contributed by atoms with E-state index in [9.17, 15) is 9.59 Å². The number of carboxylic acid groups (broad SMARTS) is 1. The van der Waals surface area contributed by atoms with Crippen molar-refractivity contribution in [3.05, 3.63) is 0 Å². The Labute approximate surface area is 124 Å². The average Bonchev–Trinajstić information content (AvgIpc) is 2.88. The SMILES string of the molecule is COC1(CNC(=O)NCC2(CC(=O)O)CCC2)CCOC1. The molecule has 1 saturated heterocycles. The summed E-state index contributed by atoms with van der Waals surface area (Å²) in [6, 6.07) is -0.282. The zero-order chi connectivity index (χ0) is 15.3. The van der Waals surface area contributed by atoms with E-state index in [-0.39, 0.29) is 17.9 Å². The van der Waals surface area contributed by atoms with Gasteiger partial charge in [0.25, 0.3) is 0 Å². The lowest BCUT2D eigenvalue weighted by molar-refractivity contribution is -0.141. The third-order valence-electron chi connectivity index (χ3n) is 4.64. The summed E-state index contributed by atoms with van der Waals surface area (Å²) in [7, 11) is 1.62. The molecule has 0 radical (unpaired) electrons. The quantitative estimate of drug-likeness (QED) is 0.644. The number of methoxy groups -OCH3 is 1. The van der Waals surface area contributed by atoms with Crippen LogP contribution in [-0.2, 0) is 14.3 Å². The van der Waals surface area contributed by atoms with Crippen LogP contribution in [-0.4, -0.2) is 56.1 Å². The van der Waals surface area contributed by atoms with E-state index in [0.29, 0.717) is 26.3 Å². The Morgan fingerprint density at radius 1 is 1.24 bits per heavy atom. The highest BCUT2D eigenvalue weighted by molar-refractivity contribution is 5.74. The van der Waals surface area contributed by atoms with Crippen LogP contribution in [0.3, 0.4) is 0 Å². The van der Waals surface area contributed by atoms with Gasteiger partial charge in [0.15, 0.2) is 0 Å². The molecule has 7 heteroatoms. The number of rotatable bonds is 7. The summed E-state index contributed by atoms with van der Waals surface area (Å²) < 4.78 is 10.7. The molecule has 1 unspecified atom stereocenters. The number of nitrogens with one attached hydrogen (secondary N) is 2. The molecular weight excluding hydrogens is 276 g/mol. The van der Waals surface area contributed by atoms with Gasteiger partial charge in [-0.05, 0) is 18.3 Å². The largest absolute Gasteiger partial charge is 0.481 e. The van der Waals surface area contributed by atoms with Crippen molar-refractivity contribution in [2.45, 2.75) is 37.7 Å². The molecule has 0 aromatic heterocycles. The van der Waals surface area contributed by atoms with Gasteiger partial charge in [-0.15, -0.1) is 0 Å². The minimum atomic E-state index is -0.807. The minimum Gasteiger partial charge on any atom is -0.481 e. The van der Waals surface area contributed by atoms with Crippen molar-refractivity contribution in [1.82, 2.24) is 10.6 Å². The fraction of sp³-hybridized carbons (Fsp3) is 0.857.